The molecule has 19 heavy (non-hydrogen) atoms. The van der Waals surface area contributed by atoms with Gasteiger partial charge in [0.05, 0.1) is 19.8 Å². The molecule has 0 saturated carbocycles. The minimum Gasteiger partial charge on any atom is -0.496 e. The number of hydrogen-bond acceptors (Lipinski definition) is 4. The van der Waals surface area contributed by atoms with E-state index in [1.165, 1.54) is 0 Å². The predicted molar refractivity (Wildman–Crippen MR) is 74.2 cm³/mol. The van der Waals surface area contributed by atoms with Gasteiger partial charge >= 0.3 is 0 Å². The number of benzene rings is 1. The first-order valence-electron chi connectivity index (χ1n) is 6.62. The van der Waals surface area contributed by atoms with E-state index in [1.54, 1.807) is 20.3 Å². The van der Waals surface area contributed by atoms with Crippen LogP contribution in [0.2, 0.25) is 0 Å². The van der Waals surface area contributed by atoms with Gasteiger partial charge in [0.2, 0.25) is 0 Å². The Balaban J connectivity index is 2.23. The maximum atomic E-state index is 12.4. The largest absolute Gasteiger partial charge is 0.496 e. The van der Waals surface area contributed by atoms with Crippen molar-refractivity contribution in [1.29, 1.82) is 0 Å². The van der Waals surface area contributed by atoms with Crippen LogP contribution in [-0.2, 0) is 0 Å². The molecule has 1 heterocycles. The molecular formula is C15H21NO3. The van der Waals surface area contributed by atoms with Crippen LogP contribution in [0.15, 0.2) is 12.1 Å². The van der Waals surface area contributed by atoms with Gasteiger partial charge in [0.15, 0.2) is 5.78 Å². The first-order chi connectivity index (χ1) is 9.17. The third kappa shape index (κ3) is 2.89. The first-order valence-corrected chi connectivity index (χ1v) is 6.62. The van der Waals surface area contributed by atoms with Crippen molar-refractivity contribution in [2.45, 2.75) is 19.8 Å². The summed E-state index contributed by atoms with van der Waals surface area (Å²) in [4.78, 5) is 12.4. The summed E-state index contributed by atoms with van der Waals surface area (Å²) >= 11 is 0. The summed E-state index contributed by atoms with van der Waals surface area (Å²) in [5.41, 5.74) is 1.54. The van der Waals surface area contributed by atoms with Crippen LogP contribution in [0.3, 0.4) is 0 Å². The van der Waals surface area contributed by atoms with Crippen LogP contribution >= 0.6 is 0 Å². The number of carbonyl (C=O) groups excluding carboxylic acids is 1. The standard InChI is InChI=1S/C15H21NO3/c1-10-14(18-2)5-4-12(15(10)19-3)13(17)8-11-6-7-16-9-11/h4-5,11,16H,6-9H2,1-3H3. The van der Waals surface area contributed by atoms with Crippen molar-refractivity contribution in [3.63, 3.8) is 0 Å². The molecule has 0 amide bonds. The summed E-state index contributed by atoms with van der Waals surface area (Å²) in [6, 6.07) is 3.63. The maximum absolute atomic E-state index is 12.4. The average Bonchev–Trinajstić information content (AvgIpc) is 2.91. The second-order valence-electron chi connectivity index (χ2n) is 4.96. The second-order valence-corrected chi connectivity index (χ2v) is 4.96. The Labute approximate surface area is 114 Å². The summed E-state index contributed by atoms with van der Waals surface area (Å²) in [5.74, 6) is 1.97. The van der Waals surface area contributed by atoms with E-state index in [0.29, 0.717) is 23.7 Å². The van der Waals surface area contributed by atoms with Crippen LogP contribution < -0.4 is 14.8 Å². The van der Waals surface area contributed by atoms with Crippen molar-refractivity contribution < 1.29 is 14.3 Å². The summed E-state index contributed by atoms with van der Waals surface area (Å²) < 4.78 is 10.6. The molecule has 1 aliphatic heterocycles. The van der Waals surface area contributed by atoms with Gasteiger partial charge in [-0.25, -0.2) is 0 Å². The molecule has 4 nitrogen and oxygen atoms in total. The molecule has 2 rings (SSSR count). The van der Waals surface area contributed by atoms with Crippen LogP contribution in [0, 0.1) is 12.8 Å². The zero-order valence-electron chi connectivity index (χ0n) is 11.8. The number of ether oxygens (including phenoxy) is 2. The zero-order chi connectivity index (χ0) is 13.8. The molecule has 0 bridgehead atoms. The summed E-state index contributed by atoms with van der Waals surface area (Å²) in [6.45, 7) is 3.85. The molecule has 1 aromatic rings. The van der Waals surface area contributed by atoms with Crippen molar-refractivity contribution in [2.75, 3.05) is 27.3 Å². The van der Waals surface area contributed by atoms with Crippen LogP contribution in [-0.4, -0.2) is 33.1 Å². The number of methoxy groups -OCH3 is 2. The average molecular weight is 263 g/mol. The fourth-order valence-corrected chi connectivity index (χ4v) is 2.64. The molecule has 0 aliphatic carbocycles. The van der Waals surface area contributed by atoms with Crippen LogP contribution in [0.25, 0.3) is 0 Å². The van der Waals surface area contributed by atoms with Gasteiger partial charge in [-0.3, -0.25) is 4.79 Å². The summed E-state index contributed by atoms with van der Waals surface area (Å²) in [7, 11) is 3.21. The van der Waals surface area contributed by atoms with Gasteiger partial charge in [-0.2, -0.15) is 0 Å². The minimum atomic E-state index is 0.149. The highest BCUT2D eigenvalue weighted by Gasteiger charge is 2.22. The summed E-state index contributed by atoms with van der Waals surface area (Å²) in [6.07, 6.45) is 1.65. The van der Waals surface area contributed by atoms with Crippen LogP contribution in [0.5, 0.6) is 11.5 Å². The van der Waals surface area contributed by atoms with Crippen molar-refractivity contribution in [2.24, 2.45) is 5.92 Å². The third-order valence-electron chi connectivity index (χ3n) is 3.72. The highest BCUT2D eigenvalue weighted by molar-refractivity contribution is 5.99. The van der Waals surface area contributed by atoms with Gasteiger partial charge in [0.25, 0.3) is 0 Å². The SMILES string of the molecule is COc1ccc(C(=O)CC2CCNC2)c(OC)c1C. The van der Waals surface area contributed by atoms with Gasteiger partial charge in [-0.15, -0.1) is 0 Å². The highest BCUT2D eigenvalue weighted by Crippen LogP contribution is 2.32. The molecule has 1 atom stereocenters. The molecule has 0 radical (unpaired) electrons. The number of Topliss-reactive ketones (excluding diaryl/α,β-unsaturated/α-hetero) is 1. The lowest BCUT2D eigenvalue weighted by Crippen LogP contribution is -2.13. The molecule has 1 aliphatic rings. The lowest BCUT2D eigenvalue weighted by molar-refractivity contribution is 0.0961. The van der Waals surface area contributed by atoms with E-state index in [-0.39, 0.29) is 5.78 Å². The Bertz CT molecular complexity index is 465. The Kier molecular flexibility index (Phi) is 4.43. The van der Waals surface area contributed by atoms with E-state index in [0.717, 1.165) is 30.8 Å². The maximum Gasteiger partial charge on any atom is 0.166 e. The van der Waals surface area contributed by atoms with E-state index in [4.69, 9.17) is 9.47 Å². The smallest absolute Gasteiger partial charge is 0.166 e. The zero-order valence-corrected chi connectivity index (χ0v) is 11.8. The van der Waals surface area contributed by atoms with Crippen molar-refractivity contribution in [3.05, 3.63) is 23.3 Å². The molecule has 1 fully saturated rings. The number of nitrogens with one attached hydrogen (secondary N) is 1. The first kappa shape index (κ1) is 13.9. The van der Waals surface area contributed by atoms with Gasteiger partial charge < -0.3 is 14.8 Å². The predicted octanol–water partition coefficient (Wildman–Crippen LogP) is 2.19. The van der Waals surface area contributed by atoms with Crippen molar-refractivity contribution in [1.82, 2.24) is 5.32 Å². The van der Waals surface area contributed by atoms with Gasteiger partial charge in [0, 0.05) is 12.0 Å². The second kappa shape index (κ2) is 6.06. The number of hydrogen-bond donors (Lipinski definition) is 1. The molecule has 1 N–H and O–H groups in total. The Hall–Kier alpha value is -1.55. The van der Waals surface area contributed by atoms with E-state index in [9.17, 15) is 4.79 Å². The van der Waals surface area contributed by atoms with Crippen LogP contribution in [0.1, 0.15) is 28.8 Å². The molecule has 1 aromatic carbocycles. The molecule has 1 saturated heterocycles. The molecule has 4 heteroatoms. The fourth-order valence-electron chi connectivity index (χ4n) is 2.64. The third-order valence-corrected chi connectivity index (χ3v) is 3.72. The van der Waals surface area contributed by atoms with E-state index in [2.05, 4.69) is 5.32 Å². The Morgan fingerprint density at radius 2 is 2.16 bits per heavy atom. The van der Waals surface area contributed by atoms with E-state index >= 15 is 0 Å². The lowest BCUT2D eigenvalue weighted by atomic mass is 9.95. The Morgan fingerprint density at radius 1 is 1.37 bits per heavy atom. The van der Waals surface area contributed by atoms with E-state index in [1.807, 2.05) is 13.0 Å². The monoisotopic (exact) mass is 263 g/mol. The highest BCUT2D eigenvalue weighted by atomic mass is 16.5. The number of ketones is 1. The minimum absolute atomic E-state index is 0.149. The molecule has 104 valence electrons. The Morgan fingerprint density at radius 3 is 2.74 bits per heavy atom. The molecular weight excluding hydrogens is 242 g/mol. The summed E-state index contributed by atoms with van der Waals surface area (Å²) in [5, 5.41) is 3.28. The number of rotatable bonds is 5. The van der Waals surface area contributed by atoms with Gasteiger partial charge in [-0.1, -0.05) is 0 Å². The van der Waals surface area contributed by atoms with Gasteiger partial charge in [-0.05, 0) is 44.5 Å². The topological polar surface area (TPSA) is 47.6 Å². The molecule has 0 aromatic heterocycles. The van der Waals surface area contributed by atoms with Gasteiger partial charge in [0.1, 0.15) is 11.5 Å². The van der Waals surface area contributed by atoms with Crippen molar-refractivity contribution in [3.8, 4) is 11.5 Å². The van der Waals surface area contributed by atoms with E-state index < -0.39 is 0 Å². The normalized spacial score (nSPS) is 18.4. The molecule has 0 spiro atoms. The quantitative estimate of drug-likeness (QED) is 0.827. The number of carbonyl (C=O) groups is 1. The molecule has 1 unspecified atom stereocenters. The van der Waals surface area contributed by atoms with Crippen LogP contribution in [0.4, 0.5) is 0 Å². The fraction of sp³-hybridized carbons (Fsp3) is 0.533. The van der Waals surface area contributed by atoms with Crippen molar-refractivity contribution >= 4 is 5.78 Å². The lowest BCUT2D eigenvalue weighted by Gasteiger charge is -2.15.